The molecule has 5 nitrogen and oxygen atoms in total. The first-order chi connectivity index (χ1) is 16.6. The number of carbonyl (C=O) groups is 1. The SMILES string of the molecule is COc1cccc(C(CNC(=O)CSCc2cccc(C)c2)c2c[nH]c3ccccc23)c1OC. The van der Waals surface area contributed by atoms with Crippen molar-refractivity contribution < 1.29 is 14.3 Å². The van der Waals surface area contributed by atoms with Crippen molar-refractivity contribution in [1.29, 1.82) is 0 Å². The minimum atomic E-state index is -0.105. The van der Waals surface area contributed by atoms with Crippen molar-refractivity contribution >= 4 is 28.6 Å². The average Bonchev–Trinajstić information content (AvgIpc) is 3.28. The summed E-state index contributed by atoms with van der Waals surface area (Å²) in [7, 11) is 3.28. The summed E-state index contributed by atoms with van der Waals surface area (Å²) < 4.78 is 11.3. The molecule has 0 aliphatic rings. The van der Waals surface area contributed by atoms with E-state index in [1.165, 1.54) is 11.1 Å². The molecule has 1 heterocycles. The highest BCUT2D eigenvalue weighted by Gasteiger charge is 2.24. The molecule has 34 heavy (non-hydrogen) atoms. The molecule has 0 saturated heterocycles. The lowest BCUT2D eigenvalue weighted by Crippen LogP contribution is -2.30. The number of amides is 1. The number of carbonyl (C=O) groups excluding carboxylic acids is 1. The topological polar surface area (TPSA) is 63.3 Å². The number of aromatic amines is 1. The second kappa shape index (κ2) is 11.2. The lowest BCUT2D eigenvalue weighted by atomic mass is 9.90. The molecule has 2 N–H and O–H groups in total. The number of ether oxygens (including phenoxy) is 2. The monoisotopic (exact) mass is 474 g/mol. The fourth-order valence-electron chi connectivity index (χ4n) is 4.29. The molecule has 4 rings (SSSR count). The van der Waals surface area contributed by atoms with Crippen LogP contribution in [-0.4, -0.2) is 37.4 Å². The zero-order valence-corrected chi connectivity index (χ0v) is 20.6. The summed E-state index contributed by atoms with van der Waals surface area (Å²) in [6, 6.07) is 22.5. The van der Waals surface area contributed by atoms with E-state index in [0.717, 1.165) is 27.8 Å². The van der Waals surface area contributed by atoms with Crippen LogP contribution in [0.5, 0.6) is 11.5 Å². The van der Waals surface area contributed by atoms with Crippen LogP contribution in [0.4, 0.5) is 0 Å². The lowest BCUT2D eigenvalue weighted by Gasteiger charge is -2.22. The number of rotatable bonds is 10. The number of hydrogen-bond donors (Lipinski definition) is 2. The molecule has 0 aliphatic heterocycles. The maximum atomic E-state index is 12.8. The molecule has 0 fully saturated rings. The van der Waals surface area contributed by atoms with Crippen molar-refractivity contribution in [3.05, 3.63) is 95.2 Å². The fourth-order valence-corrected chi connectivity index (χ4v) is 5.09. The van der Waals surface area contributed by atoms with Gasteiger partial charge < -0.3 is 19.8 Å². The number of aromatic nitrogens is 1. The summed E-state index contributed by atoms with van der Waals surface area (Å²) >= 11 is 1.62. The van der Waals surface area contributed by atoms with Crippen LogP contribution in [-0.2, 0) is 10.5 Å². The highest BCUT2D eigenvalue weighted by molar-refractivity contribution is 7.99. The quantitative estimate of drug-likeness (QED) is 0.311. The predicted octanol–water partition coefficient (Wildman–Crippen LogP) is 5.68. The number of thioether (sulfide) groups is 1. The Bertz CT molecular complexity index is 1270. The van der Waals surface area contributed by atoms with Crippen LogP contribution in [0.1, 0.15) is 28.2 Å². The van der Waals surface area contributed by atoms with E-state index in [0.29, 0.717) is 23.8 Å². The first-order valence-corrected chi connectivity index (χ1v) is 12.4. The largest absolute Gasteiger partial charge is 0.493 e. The minimum Gasteiger partial charge on any atom is -0.493 e. The number of para-hydroxylation sites is 2. The Kier molecular flexibility index (Phi) is 7.80. The van der Waals surface area contributed by atoms with Gasteiger partial charge in [0, 0.05) is 40.9 Å². The third-order valence-corrected chi connectivity index (χ3v) is 6.90. The van der Waals surface area contributed by atoms with Crippen LogP contribution < -0.4 is 14.8 Å². The van der Waals surface area contributed by atoms with Crippen molar-refractivity contribution in [1.82, 2.24) is 10.3 Å². The number of H-pyrrole nitrogens is 1. The van der Waals surface area contributed by atoms with E-state index in [4.69, 9.17) is 9.47 Å². The zero-order valence-electron chi connectivity index (χ0n) is 19.8. The molecule has 4 aromatic rings. The van der Waals surface area contributed by atoms with Gasteiger partial charge in [-0.1, -0.05) is 60.2 Å². The van der Waals surface area contributed by atoms with Gasteiger partial charge >= 0.3 is 0 Å². The van der Waals surface area contributed by atoms with Gasteiger partial charge in [0.1, 0.15) is 0 Å². The first-order valence-electron chi connectivity index (χ1n) is 11.3. The summed E-state index contributed by atoms with van der Waals surface area (Å²) in [5.74, 6) is 2.48. The summed E-state index contributed by atoms with van der Waals surface area (Å²) in [5, 5.41) is 4.28. The van der Waals surface area contributed by atoms with Crippen molar-refractivity contribution in [2.75, 3.05) is 26.5 Å². The molecule has 0 spiro atoms. The molecule has 0 bridgehead atoms. The zero-order chi connectivity index (χ0) is 23.9. The van der Waals surface area contributed by atoms with Gasteiger partial charge in [-0.15, -0.1) is 11.8 Å². The van der Waals surface area contributed by atoms with Gasteiger partial charge in [-0.05, 0) is 30.2 Å². The van der Waals surface area contributed by atoms with Crippen molar-refractivity contribution in [3.63, 3.8) is 0 Å². The Balaban J connectivity index is 1.53. The second-order valence-corrected chi connectivity index (χ2v) is 9.20. The second-order valence-electron chi connectivity index (χ2n) is 8.21. The van der Waals surface area contributed by atoms with Crippen molar-refractivity contribution in [2.24, 2.45) is 0 Å². The molecule has 0 radical (unpaired) electrons. The summed E-state index contributed by atoms with van der Waals surface area (Å²) in [5.41, 5.74) is 5.60. The van der Waals surface area contributed by atoms with E-state index in [9.17, 15) is 4.79 Å². The van der Waals surface area contributed by atoms with Crippen LogP contribution in [0.2, 0.25) is 0 Å². The van der Waals surface area contributed by atoms with Gasteiger partial charge in [-0.25, -0.2) is 0 Å². The van der Waals surface area contributed by atoms with Gasteiger partial charge in [-0.3, -0.25) is 4.79 Å². The van der Waals surface area contributed by atoms with Gasteiger partial charge in [0.05, 0.1) is 20.0 Å². The molecule has 0 saturated carbocycles. The number of benzene rings is 3. The average molecular weight is 475 g/mol. The Labute approximate surface area is 204 Å². The van der Waals surface area contributed by atoms with Crippen LogP contribution in [0.3, 0.4) is 0 Å². The molecular weight excluding hydrogens is 444 g/mol. The Hall–Kier alpha value is -3.38. The Morgan fingerprint density at radius 2 is 1.82 bits per heavy atom. The highest BCUT2D eigenvalue weighted by Crippen LogP contribution is 2.40. The van der Waals surface area contributed by atoms with Crippen LogP contribution in [0.25, 0.3) is 10.9 Å². The maximum absolute atomic E-state index is 12.8. The van der Waals surface area contributed by atoms with Gasteiger partial charge in [-0.2, -0.15) is 0 Å². The maximum Gasteiger partial charge on any atom is 0.230 e. The number of nitrogens with one attached hydrogen (secondary N) is 2. The molecule has 176 valence electrons. The number of fused-ring (bicyclic) bond motifs is 1. The van der Waals surface area contributed by atoms with Gasteiger partial charge in [0.15, 0.2) is 11.5 Å². The van der Waals surface area contributed by atoms with Crippen LogP contribution in [0.15, 0.2) is 72.9 Å². The van der Waals surface area contributed by atoms with E-state index in [-0.39, 0.29) is 11.8 Å². The van der Waals surface area contributed by atoms with E-state index in [2.05, 4.69) is 53.6 Å². The van der Waals surface area contributed by atoms with Crippen molar-refractivity contribution in [2.45, 2.75) is 18.6 Å². The number of hydrogen-bond acceptors (Lipinski definition) is 4. The lowest BCUT2D eigenvalue weighted by molar-refractivity contribution is -0.118. The smallest absolute Gasteiger partial charge is 0.230 e. The molecule has 0 aliphatic carbocycles. The third kappa shape index (κ3) is 5.39. The van der Waals surface area contributed by atoms with Gasteiger partial charge in [0.25, 0.3) is 0 Å². The van der Waals surface area contributed by atoms with Gasteiger partial charge in [0.2, 0.25) is 5.91 Å². The molecule has 1 aromatic heterocycles. The number of methoxy groups -OCH3 is 2. The molecule has 1 atom stereocenters. The normalized spacial score (nSPS) is 11.9. The minimum absolute atomic E-state index is 0.0179. The van der Waals surface area contributed by atoms with E-state index in [1.807, 2.05) is 36.5 Å². The number of aryl methyl sites for hydroxylation is 1. The first kappa shape index (κ1) is 23.8. The Morgan fingerprint density at radius 1 is 1.00 bits per heavy atom. The molecule has 1 amide bonds. The molecule has 1 unspecified atom stereocenters. The van der Waals surface area contributed by atoms with Crippen molar-refractivity contribution in [3.8, 4) is 11.5 Å². The summed E-state index contributed by atoms with van der Waals surface area (Å²) in [4.78, 5) is 16.1. The summed E-state index contributed by atoms with van der Waals surface area (Å²) in [6.07, 6.45) is 2.02. The molecular formula is C28H30N2O3S. The molecule has 3 aromatic carbocycles. The fraction of sp³-hybridized carbons (Fsp3) is 0.250. The Morgan fingerprint density at radius 3 is 2.62 bits per heavy atom. The van der Waals surface area contributed by atoms with Crippen LogP contribution >= 0.6 is 11.8 Å². The molecule has 6 heteroatoms. The van der Waals surface area contributed by atoms with E-state index >= 15 is 0 Å². The van der Waals surface area contributed by atoms with E-state index < -0.39 is 0 Å². The third-order valence-electron chi connectivity index (χ3n) is 5.89. The van der Waals surface area contributed by atoms with Crippen LogP contribution in [0, 0.1) is 6.92 Å². The summed E-state index contributed by atoms with van der Waals surface area (Å²) in [6.45, 7) is 2.54. The van der Waals surface area contributed by atoms with E-state index in [1.54, 1.807) is 26.0 Å². The predicted molar refractivity (Wildman–Crippen MR) is 140 cm³/mol. The standard InChI is InChI=1S/C28H30N2O3S/c1-19-8-6-9-20(14-19)17-34-18-27(31)30-16-24(22-11-7-13-26(32-2)28(22)33-3)23-15-29-25-12-5-4-10-21(23)25/h4-15,24,29H,16-18H2,1-3H3,(H,30,31). The highest BCUT2D eigenvalue weighted by atomic mass is 32.2.